The zero-order chi connectivity index (χ0) is 11.1. The van der Waals surface area contributed by atoms with Crippen LogP contribution in [0.1, 0.15) is 0 Å². The lowest BCUT2D eigenvalue weighted by molar-refractivity contribution is -0.274. The van der Waals surface area contributed by atoms with Crippen molar-refractivity contribution in [2.45, 2.75) is 6.36 Å². The van der Waals surface area contributed by atoms with Crippen LogP contribution in [0.2, 0.25) is 0 Å². The van der Waals surface area contributed by atoms with Gasteiger partial charge in [0.1, 0.15) is 5.75 Å². The molecule has 1 aromatic carbocycles. The molecule has 0 unspecified atom stereocenters. The molecule has 1 N–H and O–H groups in total. The lowest BCUT2D eigenvalue weighted by Gasteiger charge is -2.09. The van der Waals surface area contributed by atoms with Crippen LogP contribution in [-0.4, -0.2) is 11.3 Å². The van der Waals surface area contributed by atoms with Crippen LogP contribution in [0.4, 0.5) is 13.2 Å². The van der Waals surface area contributed by atoms with Gasteiger partial charge in [0.2, 0.25) is 0 Å². The number of hydrogen-bond acceptors (Lipinski definition) is 1. The molecule has 0 bridgehead atoms. The minimum atomic E-state index is -4.67. The second-order valence-corrected chi connectivity index (χ2v) is 3.75. The summed E-state index contributed by atoms with van der Waals surface area (Å²) in [5.41, 5.74) is 0.587. The second kappa shape index (κ2) is 3.44. The van der Waals surface area contributed by atoms with E-state index in [9.17, 15) is 13.2 Å². The zero-order valence-corrected chi connectivity index (χ0v) is 8.82. The van der Waals surface area contributed by atoms with E-state index >= 15 is 0 Å². The number of halogens is 4. The van der Waals surface area contributed by atoms with Gasteiger partial charge in [0.05, 0.1) is 5.52 Å². The van der Waals surface area contributed by atoms with Crippen molar-refractivity contribution < 1.29 is 17.9 Å². The molecule has 1 heterocycles. The molecule has 0 spiro atoms. The summed E-state index contributed by atoms with van der Waals surface area (Å²) >= 11 is 3.17. The molecule has 0 saturated carbocycles. The smallest absolute Gasteiger partial charge is 0.406 e. The summed E-state index contributed by atoms with van der Waals surface area (Å²) in [6.07, 6.45) is -3.02. The number of alkyl halides is 3. The maximum atomic E-state index is 12.0. The van der Waals surface area contributed by atoms with Crippen LogP contribution >= 0.6 is 15.9 Å². The van der Waals surface area contributed by atoms with E-state index in [4.69, 9.17) is 0 Å². The van der Waals surface area contributed by atoms with Gasteiger partial charge in [-0.3, -0.25) is 0 Å². The minimum Gasteiger partial charge on any atom is -0.406 e. The van der Waals surface area contributed by atoms with Crippen LogP contribution in [0.5, 0.6) is 5.75 Å². The molecule has 0 aliphatic rings. The molecule has 0 aliphatic heterocycles. The Bertz CT molecular complexity index is 492. The molecule has 1 aromatic heterocycles. The maximum absolute atomic E-state index is 12.0. The Morgan fingerprint density at radius 1 is 1.27 bits per heavy atom. The number of aromatic amines is 1. The summed E-state index contributed by atoms with van der Waals surface area (Å²) in [7, 11) is 0. The first-order valence-electron chi connectivity index (χ1n) is 3.98. The first kappa shape index (κ1) is 10.4. The molecular formula is C9H5BrF3NO. The van der Waals surface area contributed by atoms with Gasteiger partial charge in [0, 0.05) is 22.1 Å². The normalized spacial score (nSPS) is 12.0. The van der Waals surface area contributed by atoms with Crippen LogP contribution in [0.25, 0.3) is 10.9 Å². The fourth-order valence-corrected chi connectivity index (χ4v) is 1.86. The topological polar surface area (TPSA) is 25.0 Å². The Kier molecular flexibility index (Phi) is 2.38. The van der Waals surface area contributed by atoms with Crippen LogP contribution in [0.3, 0.4) is 0 Å². The van der Waals surface area contributed by atoms with Crippen molar-refractivity contribution in [3.63, 3.8) is 0 Å². The van der Waals surface area contributed by atoms with E-state index in [0.717, 1.165) is 5.39 Å². The van der Waals surface area contributed by atoms with Gasteiger partial charge in [0.25, 0.3) is 0 Å². The third-order valence-electron chi connectivity index (χ3n) is 1.83. The predicted octanol–water partition coefficient (Wildman–Crippen LogP) is 3.83. The average molecular weight is 280 g/mol. The predicted molar refractivity (Wildman–Crippen MR) is 52.7 cm³/mol. The van der Waals surface area contributed by atoms with E-state index in [1.54, 1.807) is 12.3 Å². The third kappa shape index (κ3) is 2.26. The first-order valence-corrected chi connectivity index (χ1v) is 4.77. The molecule has 2 nitrogen and oxygen atoms in total. The van der Waals surface area contributed by atoms with E-state index in [1.165, 1.54) is 12.1 Å². The molecule has 0 fully saturated rings. The number of rotatable bonds is 1. The van der Waals surface area contributed by atoms with Crippen molar-refractivity contribution in [1.82, 2.24) is 4.98 Å². The van der Waals surface area contributed by atoms with Gasteiger partial charge in [0.15, 0.2) is 0 Å². The Balaban J connectivity index is 2.45. The Labute approximate surface area is 91.2 Å². The van der Waals surface area contributed by atoms with E-state index in [0.29, 0.717) is 9.99 Å². The molecule has 0 aliphatic carbocycles. The number of nitrogens with one attached hydrogen (secondary N) is 1. The van der Waals surface area contributed by atoms with Crippen LogP contribution in [0, 0.1) is 0 Å². The molecule has 6 heteroatoms. The van der Waals surface area contributed by atoms with Gasteiger partial charge in [-0.05, 0) is 28.1 Å². The zero-order valence-electron chi connectivity index (χ0n) is 7.23. The highest BCUT2D eigenvalue weighted by atomic mass is 79.9. The standard InChI is InChI=1S/C9H5BrF3NO/c10-7-3-5(15-9(11,12)13)4-8-6(7)1-2-14-8/h1-4,14H. The number of benzene rings is 1. The molecule has 2 rings (SSSR count). The maximum Gasteiger partial charge on any atom is 0.573 e. The van der Waals surface area contributed by atoms with Gasteiger partial charge in [-0.2, -0.15) is 0 Å². The van der Waals surface area contributed by atoms with E-state index in [2.05, 4.69) is 25.7 Å². The van der Waals surface area contributed by atoms with Crippen LogP contribution < -0.4 is 4.74 Å². The average Bonchev–Trinajstić information content (AvgIpc) is 2.48. The van der Waals surface area contributed by atoms with Crippen molar-refractivity contribution in [1.29, 1.82) is 0 Å². The molecular weight excluding hydrogens is 275 g/mol. The lowest BCUT2D eigenvalue weighted by atomic mass is 10.2. The minimum absolute atomic E-state index is 0.246. The molecule has 0 atom stereocenters. The summed E-state index contributed by atoms with van der Waals surface area (Å²) in [4.78, 5) is 2.81. The fourth-order valence-electron chi connectivity index (χ4n) is 1.29. The Morgan fingerprint density at radius 2 is 2.00 bits per heavy atom. The van der Waals surface area contributed by atoms with Gasteiger partial charge in [-0.1, -0.05) is 0 Å². The largest absolute Gasteiger partial charge is 0.573 e. The Hall–Kier alpha value is -1.17. The molecule has 0 radical (unpaired) electrons. The highest BCUT2D eigenvalue weighted by Gasteiger charge is 2.31. The van der Waals surface area contributed by atoms with Crippen molar-refractivity contribution >= 4 is 26.8 Å². The highest BCUT2D eigenvalue weighted by Crippen LogP contribution is 2.31. The van der Waals surface area contributed by atoms with E-state index in [-0.39, 0.29) is 5.75 Å². The molecule has 15 heavy (non-hydrogen) atoms. The van der Waals surface area contributed by atoms with Gasteiger partial charge in [-0.25, -0.2) is 0 Å². The summed E-state index contributed by atoms with van der Waals surface area (Å²) in [5, 5.41) is 0.810. The third-order valence-corrected chi connectivity index (χ3v) is 2.48. The number of hydrogen-bond donors (Lipinski definition) is 1. The van der Waals surface area contributed by atoms with E-state index in [1.807, 2.05) is 0 Å². The second-order valence-electron chi connectivity index (χ2n) is 2.89. The van der Waals surface area contributed by atoms with Crippen molar-refractivity contribution in [2.24, 2.45) is 0 Å². The Morgan fingerprint density at radius 3 is 2.67 bits per heavy atom. The van der Waals surface area contributed by atoms with Gasteiger partial charge in [-0.15, -0.1) is 13.2 Å². The molecule has 2 aromatic rings. The van der Waals surface area contributed by atoms with Gasteiger partial charge >= 0.3 is 6.36 Å². The lowest BCUT2D eigenvalue weighted by Crippen LogP contribution is -2.17. The quantitative estimate of drug-likeness (QED) is 0.843. The summed E-state index contributed by atoms with van der Waals surface area (Å²) < 4.78 is 40.2. The SMILES string of the molecule is FC(F)(F)Oc1cc(Br)c2cc[nH]c2c1. The molecule has 0 saturated heterocycles. The van der Waals surface area contributed by atoms with Crippen molar-refractivity contribution in [3.05, 3.63) is 28.9 Å². The molecule has 80 valence electrons. The number of fused-ring (bicyclic) bond motifs is 1. The number of aromatic nitrogens is 1. The number of H-pyrrole nitrogens is 1. The van der Waals surface area contributed by atoms with Crippen LogP contribution in [-0.2, 0) is 0 Å². The summed E-state index contributed by atoms with van der Waals surface area (Å²) in [5.74, 6) is -0.246. The van der Waals surface area contributed by atoms with Crippen LogP contribution in [0.15, 0.2) is 28.9 Å². The van der Waals surface area contributed by atoms with Crippen molar-refractivity contribution in [3.8, 4) is 5.75 Å². The number of ether oxygens (including phenoxy) is 1. The summed E-state index contributed by atoms with van der Waals surface area (Å²) in [6, 6.07) is 4.34. The first-order chi connectivity index (χ1) is 6.96. The monoisotopic (exact) mass is 279 g/mol. The highest BCUT2D eigenvalue weighted by molar-refractivity contribution is 9.10. The van der Waals surface area contributed by atoms with E-state index < -0.39 is 6.36 Å². The van der Waals surface area contributed by atoms with Crippen molar-refractivity contribution in [2.75, 3.05) is 0 Å². The molecule has 0 amide bonds. The summed E-state index contributed by atoms with van der Waals surface area (Å²) in [6.45, 7) is 0. The van der Waals surface area contributed by atoms with Gasteiger partial charge < -0.3 is 9.72 Å². The fraction of sp³-hybridized carbons (Fsp3) is 0.111.